The summed E-state index contributed by atoms with van der Waals surface area (Å²) >= 11 is 0. The monoisotopic (exact) mass is 623 g/mol. The topological polar surface area (TPSA) is 93.6 Å². The van der Waals surface area contributed by atoms with Crippen molar-refractivity contribution in [1.29, 1.82) is 0 Å². The molecule has 1 atom stereocenters. The van der Waals surface area contributed by atoms with Crippen molar-refractivity contribution in [2.24, 2.45) is 4.40 Å². The standard InChI is InChI=1S/C32H41N5O4S2/c1-25-8-16-29(17-9-25)42(38,39)33-31(24-35-20-6-5-7-21-35)36-22-23-37(43(40,41)30-18-10-26(2)11-19-30)32(36)27-12-14-28(15-13-27)34(3)4/h8-19,32H,5-7,20-24H2,1-4H3/t32-/m0/s1. The van der Waals surface area contributed by atoms with E-state index < -0.39 is 26.2 Å². The van der Waals surface area contributed by atoms with E-state index in [4.69, 9.17) is 0 Å². The number of likely N-dealkylation sites (tertiary alicyclic amines) is 1. The first-order valence-corrected chi connectivity index (χ1v) is 17.6. The third-order valence-electron chi connectivity index (χ3n) is 8.15. The van der Waals surface area contributed by atoms with Crippen molar-refractivity contribution in [1.82, 2.24) is 14.1 Å². The molecule has 0 N–H and O–H groups in total. The van der Waals surface area contributed by atoms with Gasteiger partial charge in [0.15, 0.2) is 0 Å². The maximum absolute atomic E-state index is 14.1. The van der Waals surface area contributed by atoms with Gasteiger partial charge in [-0.3, -0.25) is 4.90 Å². The van der Waals surface area contributed by atoms with Gasteiger partial charge >= 0.3 is 0 Å². The van der Waals surface area contributed by atoms with Crippen LogP contribution in [0, 0.1) is 13.8 Å². The first-order valence-electron chi connectivity index (χ1n) is 14.7. The first kappa shape index (κ1) is 31.2. The van der Waals surface area contributed by atoms with E-state index in [1.54, 1.807) is 48.5 Å². The molecule has 2 fully saturated rings. The number of hydrogen-bond acceptors (Lipinski definition) is 6. The molecule has 0 radical (unpaired) electrons. The molecular weight excluding hydrogens is 583 g/mol. The smallest absolute Gasteiger partial charge is 0.283 e. The largest absolute Gasteiger partial charge is 0.378 e. The van der Waals surface area contributed by atoms with Crippen molar-refractivity contribution in [3.63, 3.8) is 0 Å². The Hall–Kier alpha value is -3.25. The van der Waals surface area contributed by atoms with Crippen LogP contribution in [0.15, 0.2) is 87.0 Å². The molecule has 2 aliphatic rings. The summed E-state index contributed by atoms with van der Waals surface area (Å²) in [6, 6.07) is 21.2. The average molecular weight is 624 g/mol. The number of amidine groups is 1. The number of anilines is 1. The van der Waals surface area contributed by atoms with Crippen LogP contribution in [0.5, 0.6) is 0 Å². The summed E-state index contributed by atoms with van der Waals surface area (Å²) in [7, 11) is -4.07. The molecule has 3 aromatic carbocycles. The summed E-state index contributed by atoms with van der Waals surface area (Å²) in [6.45, 7) is 6.31. The molecule has 11 heteroatoms. The summed E-state index contributed by atoms with van der Waals surface area (Å²) in [6.07, 6.45) is 2.43. The van der Waals surface area contributed by atoms with Gasteiger partial charge < -0.3 is 9.80 Å². The van der Waals surface area contributed by atoms with Crippen molar-refractivity contribution >= 4 is 31.6 Å². The van der Waals surface area contributed by atoms with Gasteiger partial charge in [0.2, 0.25) is 10.0 Å². The highest BCUT2D eigenvalue weighted by molar-refractivity contribution is 7.90. The van der Waals surface area contributed by atoms with Crippen LogP contribution in [0.3, 0.4) is 0 Å². The van der Waals surface area contributed by atoms with Crippen LogP contribution in [0.25, 0.3) is 0 Å². The molecule has 0 saturated carbocycles. The Labute approximate surface area is 256 Å². The van der Waals surface area contributed by atoms with E-state index in [9.17, 15) is 16.8 Å². The Morgan fingerprint density at radius 3 is 1.86 bits per heavy atom. The van der Waals surface area contributed by atoms with Crippen molar-refractivity contribution in [3.8, 4) is 0 Å². The van der Waals surface area contributed by atoms with E-state index in [-0.39, 0.29) is 16.3 Å². The number of benzene rings is 3. The highest BCUT2D eigenvalue weighted by Crippen LogP contribution is 2.36. The Balaban J connectivity index is 1.62. The predicted octanol–water partition coefficient (Wildman–Crippen LogP) is 4.65. The van der Waals surface area contributed by atoms with E-state index in [0.717, 1.165) is 54.7 Å². The molecule has 230 valence electrons. The van der Waals surface area contributed by atoms with Gasteiger partial charge in [0.25, 0.3) is 10.0 Å². The van der Waals surface area contributed by atoms with Crippen LogP contribution in [0.2, 0.25) is 0 Å². The summed E-state index contributed by atoms with van der Waals surface area (Å²) in [5, 5.41) is 0. The SMILES string of the molecule is Cc1ccc(S(=O)(=O)N=C(CN2CCCCC2)N2CCN(S(=O)(=O)c3ccc(C)cc3)[C@H]2c2ccc(N(C)C)cc2)cc1. The lowest BCUT2D eigenvalue weighted by atomic mass is 10.1. The minimum absolute atomic E-state index is 0.115. The van der Waals surface area contributed by atoms with E-state index in [2.05, 4.69) is 9.30 Å². The molecule has 3 aromatic rings. The summed E-state index contributed by atoms with van der Waals surface area (Å²) in [5.74, 6) is 0.353. The number of nitrogens with zero attached hydrogens (tertiary/aromatic N) is 5. The number of sulfonamides is 2. The second-order valence-corrected chi connectivity index (χ2v) is 15.1. The molecule has 0 bridgehead atoms. The normalized spacial score (nSPS) is 19.1. The van der Waals surface area contributed by atoms with E-state index in [0.29, 0.717) is 18.9 Å². The fraction of sp³-hybridized carbons (Fsp3) is 0.406. The zero-order chi connectivity index (χ0) is 30.8. The quantitative estimate of drug-likeness (QED) is 0.267. The van der Waals surface area contributed by atoms with Gasteiger partial charge in [-0.25, -0.2) is 8.42 Å². The maximum Gasteiger partial charge on any atom is 0.283 e. The number of hydrogen-bond donors (Lipinski definition) is 0. The third-order valence-corrected chi connectivity index (χ3v) is 11.3. The molecule has 43 heavy (non-hydrogen) atoms. The van der Waals surface area contributed by atoms with E-state index >= 15 is 0 Å². The molecule has 2 heterocycles. The minimum atomic E-state index is -4.05. The van der Waals surface area contributed by atoms with Gasteiger partial charge in [0.1, 0.15) is 12.0 Å². The molecule has 2 aliphatic heterocycles. The minimum Gasteiger partial charge on any atom is -0.378 e. The summed E-state index contributed by atoms with van der Waals surface area (Å²) < 4.78 is 61.5. The summed E-state index contributed by atoms with van der Waals surface area (Å²) in [4.78, 5) is 6.39. The second-order valence-electron chi connectivity index (χ2n) is 11.6. The average Bonchev–Trinajstić information content (AvgIpc) is 3.44. The number of piperidine rings is 1. The molecular formula is C32H41N5O4S2. The van der Waals surface area contributed by atoms with Crippen LogP contribution in [0.1, 0.15) is 42.1 Å². The van der Waals surface area contributed by atoms with Gasteiger partial charge in [0, 0.05) is 32.9 Å². The van der Waals surface area contributed by atoms with Gasteiger partial charge in [-0.15, -0.1) is 4.40 Å². The van der Waals surface area contributed by atoms with Gasteiger partial charge in [-0.1, -0.05) is 53.9 Å². The van der Waals surface area contributed by atoms with Gasteiger partial charge in [0.05, 0.1) is 16.3 Å². The van der Waals surface area contributed by atoms with E-state index in [1.807, 2.05) is 62.0 Å². The van der Waals surface area contributed by atoms with Crippen molar-refractivity contribution in [2.75, 3.05) is 51.7 Å². The van der Waals surface area contributed by atoms with Crippen LogP contribution < -0.4 is 4.90 Å². The van der Waals surface area contributed by atoms with Crippen LogP contribution in [0.4, 0.5) is 5.69 Å². The Morgan fingerprint density at radius 1 is 0.744 bits per heavy atom. The zero-order valence-electron chi connectivity index (χ0n) is 25.3. The predicted molar refractivity (Wildman–Crippen MR) is 171 cm³/mol. The lowest BCUT2D eigenvalue weighted by Crippen LogP contribution is -2.44. The number of aryl methyl sites for hydroxylation is 2. The molecule has 2 saturated heterocycles. The fourth-order valence-electron chi connectivity index (χ4n) is 5.66. The van der Waals surface area contributed by atoms with Crippen LogP contribution >= 0.6 is 0 Å². The lowest BCUT2D eigenvalue weighted by molar-refractivity contribution is 0.235. The molecule has 9 nitrogen and oxygen atoms in total. The lowest BCUT2D eigenvalue weighted by Gasteiger charge is -2.35. The molecule has 0 unspecified atom stereocenters. The first-order chi connectivity index (χ1) is 20.5. The molecule has 0 aromatic heterocycles. The van der Waals surface area contributed by atoms with Crippen LogP contribution in [-0.2, 0) is 20.0 Å². The Morgan fingerprint density at radius 2 is 1.30 bits per heavy atom. The van der Waals surface area contributed by atoms with Crippen molar-refractivity contribution in [2.45, 2.75) is 49.1 Å². The molecule has 0 aliphatic carbocycles. The highest BCUT2D eigenvalue weighted by atomic mass is 32.2. The maximum atomic E-state index is 14.1. The Kier molecular flexibility index (Phi) is 9.26. The van der Waals surface area contributed by atoms with Crippen molar-refractivity contribution in [3.05, 3.63) is 89.5 Å². The van der Waals surface area contributed by atoms with Crippen LogP contribution in [-0.4, -0.2) is 83.6 Å². The van der Waals surface area contributed by atoms with Gasteiger partial charge in [-0.2, -0.15) is 12.7 Å². The molecule has 0 spiro atoms. The van der Waals surface area contributed by atoms with Crippen molar-refractivity contribution < 1.29 is 16.8 Å². The second kappa shape index (κ2) is 12.8. The third kappa shape index (κ3) is 6.95. The van der Waals surface area contributed by atoms with E-state index in [1.165, 1.54) is 4.31 Å². The fourth-order valence-corrected chi connectivity index (χ4v) is 8.25. The van der Waals surface area contributed by atoms with Gasteiger partial charge in [-0.05, 0) is 81.7 Å². The molecule has 0 amide bonds. The zero-order valence-corrected chi connectivity index (χ0v) is 27.0. The Bertz CT molecular complexity index is 1650. The number of rotatable bonds is 8. The summed E-state index contributed by atoms with van der Waals surface area (Å²) in [5.41, 5.74) is 3.65. The molecule has 5 rings (SSSR count). The highest BCUT2D eigenvalue weighted by Gasteiger charge is 2.43.